The fourth-order valence-electron chi connectivity index (χ4n) is 2.62. The highest BCUT2D eigenvalue weighted by molar-refractivity contribution is 5.32. The number of hydrogen-bond acceptors (Lipinski definition) is 3. The van der Waals surface area contributed by atoms with E-state index < -0.39 is 0 Å². The maximum absolute atomic E-state index is 9.70. The van der Waals surface area contributed by atoms with Gasteiger partial charge in [0.1, 0.15) is 0 Å². The van der Waals surface area contributed by atoms with Crippen LogP contribution in [0.1, 0.15) is 36.0 Å². The SMILES string of the molecule is CC(O)CC(CNCc1cccc(C#N)c1)c1ccccc1. The second-order valence-electron chi connectivity index (χ2n) is 5.64. The number of rotatable bonds is 7. The Morgan fingerprint density at radius 3 is 2.59 bits per heavy atom. The van der Waals surface area contributed by atoms with Gasteiger partial charge in [0.25, 0.3) is 0 Å². The standard InChI is InChI=1S/C19H22N2O/c1-15(22)10-19(18-8-3-2-4-9-18)14-21-13-17-7-5-6-16(11-17)12-20/h2-9,11,15,19,21-22H,10,13-14H2,1H3. The second-order valence-corrected chi connectivity index (χ2v) is 5.64. The van der Waals surface area contributed by atoms with Crippen molar-refractivity contribution in [3.8, 4) is 6.07 Å². The van der Waals surface area contributed by atoms with Crippen LogP contribution in [0.3, 0.4) is 0 Å². The third-order valence-corrected chi connectivity index (χ3v) is 3.67. The molecule has 0 spiro atoms. The fourth-order valence-corrected chi connectivity index (χ4v) is 2.62. The maximum Gasteiger partial charge on any atom is 0.0991 e. The van der Waals surface area contributed by atoms with E-state index in [9.17, 15) is 5.11 Å². The smallest absolute Gasteiger partial charge is 0.0991 e. The Morgan fingerprint density at radius 2 is 1.91 bits per heavy atom. The maximum atomic E-state index is 9.70. The second kappa shape index (κ2) is 8.33. The van der Waals surface area contributed by atoms with Gasteiger partial charge in [0.2, 0.25) is 0 Å². The van der Waals surface area contributed by atoms with Crippen LogP contribution in [0.5, 0.6) is 0 Å². The van der Waals surface area contributed by atoms with E-state index in [0.29, 0.717) is 5.56 Å². The lowest BCUT2D eigenvalue weighted by molar-refractivity contribution is 0.173. The topological polar surface area (TPSA) is 56.0 Å². The molecule has 0 aliphatic heterocycles. The van der Waals surface area contributed by atoms with E-state index in [4.69, 9.17) is 5.26 Å². The van der Waals surface area contributed by atoms with Crippen LogP contribution in [0, 0.1) is 11.3 Å². The summed E-state index contributed by atoms with van der Waals surface area (Å²) >= 11 is 0. The Hall–Kier alpha value is -2.15. The van der Waals surface area contributed by atoms with E-state index in [-0.39, 0.29) is 12.0 Å². The molecule has 114 valence electrons. The summed E-state index contributed by atoms with van der Waals surface area (Å²) in [5.74, 6) is 0.278. The van der Waals surface area contributed by atoms with Gasteiger partial charge in [-0.15, -0.1) is 0 Å². The van der Waals surface area contributed by atoms with Crippen LogP contribution < -0.4 is 5.32 Å². The minimum absolute atomic E-state index is 0.278. The molecule has 0 heterocycles. The lowest BCUT2D eigenvalue weighted by Gasteiger charge is -2.19. The highest BCUT2D eigenvalue weighted by Crippen LogP contribution is 2.20. The Kier molecular flexibility index (Phi) is 6.14. The molecular weight excluding hydrogens is 272 g/mol. The zero-order valence-electron chi connectivity index (χ0n) is 12.9. The third-order valence-electron chi connectivity index (χ3n) is 3.67. The molecule has 3 nitrogen and oxygen atoms in total. The normalized spacial score (nSPS) is 13.3. The molecule has 0 aliphatic carbocycles. The van der Waals surface area contributed by atoms with Crippen molar-refractivity contribution in [1.82, 2.24) is 5.32 Å². The van der Waals surface area contributed by atoms with Crippen LogP contribution in [0.25, 0.3) is 0 Å². The molecule has 0 radical (unpaired) electrons. The average Bonchev–Trinajstić information content (AvgIpc) is 2.54. The van der Waals surface area contributed by atoms with Gasteiger partial charge < -0.3 is 10.4 Å². The van der Waals surface area contributed by atoms with Crippen LogP contribution in [-0.2, 0) is 6.54 Å². The van der Waals surface area contributed by atoms with E-state index in [1.807, 2.05) is 49.4 Å². The van der Waals surface area contributed by atoms with Gasteiger partial charge in [0, 0.05) is 13.1 Å². The first-order chi connectivity index (χ1) is 10.7. The van der Waals surface area contributed by atoms with Gasteiger partial charge >= 0.3 is 0 Å². The van der Waals surface area contributed by atoms with Crippen LogP contribution in [0.4, 0.5) is 0 Å². The predicted molar refractivity (Wildman–Crippen MR) is 88.3 cm³/mol. The van der Waals surface area contributed by atoms with Gasteiger partial charge in [0.15, 0.2) is 0 Å². The van der Waals surface area contributed by atoms with Gasteiger partial charge in [-0.2, -0.15) is 5.26 Å². The number of hydrogen-bond donors (Lipinski definition) is 2. The van der Waals surface area contributed by atoms with Crippen molar-refractivity contribution in [2.45, 2.75) is 31.9 Å². The number of aliphatic hydroxyl groups excluding tert-OH is 1. The molecule has 0 aromatic heterocycles. The molecule has 3 heteroatoms. The molecule has 0 aliphatic rings. The number of benzene rings is 2. The summed E-state index contributed by atoms with van der Waals surface area (Å²) in [6.07, 6.45) is 0.406. The van der Waals surface area contributed by atoms with Crippen LogP contribution in [-0.4, -0.2) is 17.8 Å². The van der Waals surface area contributed by atoms with E-state index >= 15 is 0 Å². The zero-order chi connectivity index (χ0) is 15.8. The summed E-state index contributed by atoms with van der Waals surface area (Å²) in [4.78, 5) is 0. The molecule has 2 aromatic carbocycles. The van der Waals surface area contributed by atoms with Crippen molar-refractivity contribution in [2.24, 2.45) is 0 Å². The lowest BCUT2D eigenvalue weighted by Crippen LogP contribution is -2.23. The molecule has 0 amide bonds. The minimum Gasteiger partial charge on any atom is -0.393 e. The van der Waals surface area contributed by atoms with E-state index in [0.717, 1.165) is 25.1 Å². The molecule has 2 N–H and O–H groups in total. The van der Waals surface area contributed by atoms with Gasteiger partial charge in [-0.25, -0.2) is 0 Å². The Morgan fingerprint density at radius 1 is 1.14 bits per heavy atom. The van der Waals surface area contributed by atoms with Crippen molar-refractivity contribution in [2.75, 3.05) is 6.54 Å². The summed E-state index contributed by atoms with van der Waals surface area (Å²) < 4.78 is 0. The number of nitrogens with one attached hydrogen (secondary N) is 1. The first kappa shape index (κ1) is 16.2. The van der Waals surface area contributed by atoms with E-state index in [1.165, 1.54) is 5.56 Å². The summed E-state index contributed by atoms with van der Waals surface area (Å²) in [7, 11) is 0. The summed E-state index contributed by atoms with van der Waals surface area (Å²) in [5.41, 5.74) is 3.02. The van der Waals surface area contributed by atoms with Crippen molar-refractivity contribution < 1.29 is 5.11 Å². The summed E-state index contributed by atoms with van der Waals surface area (Å²) in [6.45, 7) is 3.34. The molecule has 0 fully saturated rings. The fraction of sp³-hybridized carbons (Fsp3) is 0.316. The van der Waals surface area contributed by atoms with E-state index in [1.54, 1.807) is 0 Å². The van der Waals surface area contributed by atoms with Crippen molar-refractivity contribution in [1.29, 1.82) is 5.26 Å². The summed E-state index contributed by atoms with van der Waals surface area (Å²) in [5, 5.41) is 22.1. The quantitative estimate of drug-likeness (QED) is 0.824. The van der Waals surface area contributed by atoms with Gasteiger partial charge in [-0.1, -0.05) is 42.5 Å². The molecule has 2 atom stereocenters. The van der Waals surface area contributed by atoms with Gasteiger partial charge in [0.05, 0.1) is 17.7 Å². The van der Waals surface area contributed by atoms with Crippen LogP contribution in [0.2, 0.25) is 0 Å². The average molecular weight is 294 g/mol. The number of nitriles is 1. The molecule has 2 aromatic rings. The monoisotopic (exact) mass is 294 g/mol. The molecule has 2 unspecified atom stereocenters. The van der Waals surface area contributed by atoms with Crippen molar-refractivity contribution in [3.63, 3.8) is 0 Å². The lowest BCUT2D eigenvalue weighted by atomic mass is 9.93. The Balaban J connectivity index is 1.95. The molecule has 0 saturated heterocycles. The number of aliphatic hydroxyl groups is 1. The molecule has 0 bridgehead atoms. The van der Waals surface area contributed by atoms with Crippen LogP contribution >= 0.6 is 0 Å². The first-order valence-corrected chi connectivity index (χ1v) is 7.62. The van der Waals surface area contributed by atoms with E-state index in [2.05, 4.69) is 23.5 Å². The Bertz CT molecular complexity index is 617. The Labute approximate surface area is 132 Å². The zero-order valence-corrected chi connectivity index (χ0v) is 12.9. The van der Waals surface area contributed by atoms with Crippen molar-refractivity contribution >= 4 is 0 Å². The molecule has 22 heavy (non-hydrogen) atoms. The van der Waals surface area contributed by atoms with Crippen LogP contribution in [0.15, 0.2) is 54.6 Å². The predicted octanol–water partition coefficient (Wildman–Crippen LogP) is 3.20. The van der Waals surface area contributed by atoms with Gasteiger partial charge in [-0.3, -0.25) is 0 Å². The number of nitrogens with zero attached hydrogens (tertiary/aromatic N) is 1. The molecule has 2 rings (SSSR count). The highest BCUT2D eigenvalue weighted by atomic mass is 16.3. The third kappa shape index (κ3) is 5.00. The molecule has 0 saturated carbocycles. The van der Waals surface area contributed by atoms with Crippen molar-refractivity contribution in [3.05, 3.63) is 71.3 Å². The molecular formula is C19H22N2O. The summed E-state index contributed by atoms with van der Waals surface area (Å²) in [6, 6.07) is 20.1. The largest absolute Gasteiger partial charge is 0.393 e. The first-order valence-electron chi connectivity index (χ1n) is 7.62. The minimum atomic E-state index is -0.325. The van der Waals surface area contributed by atoms with Gasteiger partial charge in [-0.05, 0) is 42.5 Å². The highest BCUT2D eigenvalue weighted by Gasteiger charge is 2.13.